The maximum atomic E-state index is 12.0. The quantitative estimate of drug-likeness (QED) is 0.746. The molecule has 1 aliphatic carbocycles. The van der Waals surface area contributed by atoms with Crippen LogP contribution in [0, 0.1) is 0 Å². The van der Waals surface area contributed by atoms with Gasteiger partial charge in [0.05, 0.1) is 5.75 Å². The second kappa shape index (κ2) is 6.57. The van der Waals surface area contributed by atoms with Crippen LogP contribution in [0.1, 0.15) is 44.9 Å². The van der Waals surface area contributed by atoms with Crippen molar-refractivity contribution in [1.29, 1.82) is 0 Å². The van der Waals surface area contributed by atoms with E-state index in [2.05, 4.69) is 0 Å². The van der Waals surface area contributed by atoms with E-state index in [0.29, 0.717) is 13.0 Å². The number of hydrogen-bond donors (Lipinski definition) is 1. The second-order valence-corrected chi connectivity index (χ2v) is 6.77. The Balaban J connectivity index is 2.56. The summed E-state index contributed by atoms with van der Waals surface area (Å²) in [5, 5.41) is 0. The van der Waals surface area contributed by atoms with Crippen LogP contribution in [0.5, 0.6) is 0 Å². The maximum absolute atomic E-state index is 12.0. The number of hydrogen-bond acceptors (Lipinski definition) is 3. The molecule has 0 radical (unpaired) electrons. The Morgan fingerprint density at radius 1 is 1.19 bits per heavy atom. The molecule has 0 heterocycles. The molecule has 0 aliphatic heterocycles. The Morgan fingerprint density at radius 3 is 2.25 bits per heavy atom. The van der Waals surface area contributed by atoms with Crippen molar-refractivity contribution in [3.05, 3.63) is 0 Å². The van der Waals surface area contributed by atoms with Crippen molar-refractivity contribution in [1.82, 2.24) is 4.31 Å². The van der Waals surface area contributed by atoms with E-state index in [1.165, 1.54) is 12.8 Å². The van der Waals surface area contributed by atoms with E-state index < -0.39 is 10.0 Å². The molecule has 0 aromatic rings. The standard InChI is InChI=1S/C11H24N2O2S/c1-13(16(14,15)10-6-9-12)11-7-4-2-3-5-8-11/h11H,2-10,12H2,1H3. The molecule has 0 saturated heterocycles. The van der Waals surface area contributed by atoms with Gasteiger partial charge in [0, 0.05) is 13.1 Å². The van der Waals surface area contributed by atoms with E-state index in [0.717, 1.165) is 25.7 Å². The van der Waals surface area contributed by atoms with Gasteiger partial charge in [-0.15, -0.1) is 0 Å². The van der Waals surface area contributed by atoms with Crippen LogP contribution in [0.25, 0.3) is 0 Å². The summed E-state index contributed by atoms with van der Waals surface area (Å²) in [5.41, 5.74) is 5.36. The van der Waals surface area contributed by atoms with Gasteiger partial charge in [0.1, 0.15) is 0 Å². The molecular weight excluding hydrogens is 224 g/mol. The zero-order valence-electron chi connectivity index (χ0n) is 10.2. The largest absolute Gasteiger partial charge is 0.330 e. The van der Waals surface area contributed by atoms with E-state index >= 15 is 0 Å². The predicted octanol–water partition coefficient (Wildman–Crippen LogP) is 1.32. The summed E-state index contributed by atoms with van der Waals surface area (Å²) >= 11 is 0. The number of sulfonamides is 1. The topological polar surface area (TPSA) is 63.4 Å². The third-order valence-electron chi connectivity index (χ3n) is 3.38. The van der Waals surface area contributed by atoms with Crippen LogP contribution in [0.4, 0.5) is 0 Å². The van der Waals surface area contributed by atoms with Crippen LogP contribution in [-0.2, 0) is 10.0 Å². The van der Waals surface area contributed by atoms with Gasteiger partial charge < -0.3 is 5.73 Å². The first kappa shape index (κ1) is 13.9. The molecular formula is C11H24N2O2S. The van der Waals surface area contributed by atoms with Crippen molar-refractivity contribution in [2.45, 2.75) is 51.0 Å². The van der Waals surface area contributed by atoms with Gasteiger partial charge in [0.2, 0.25) is 10.0 Å². The van der Waals surface area contributed by atoms with Crippen LogP contribution < -0.4 is 5.73 Å². The molecule has 1 rings (SSSR count). The first-order chi connectivity index (χ1) is 7.58. The molecule has 4 nitrogen and oxygen atoms in total. The Morgan fingerprint density at radius 2 is 1.75 bits per heavy atom. The van der Waals surface area contributed by atoms with Crippen LogP contribution >= 0.6 is 0 Å². The van der Waals surface area contributed by atoms with Gasteiger partial charge in [0.25, 0.3) is 0 Å². The summed E-state index contributed by atoms with van der Waals surface area (Å²) in [4.78, 5) is 0. The molecule has 1 aliphatic rings. The van der Waals surface area contributed by atoms with E-state index in [9.17, 15) is 8.42 Å². The van der Waals surface area contributed by atoms with Crippen molar-refractivity contribution in [2.75, 3.05) is 19.3 Å². The Bertz CT molecular complexity index is 282. The molecule has 16 heavy (non-hydrogen) atoms. The zero-order chi connectivity index (χ0) is 12.0. The van der Waals surface area contributed by atoms with Crippen molar-refractivity contribution in [2.24, 2.45) is 5.73 Å². The first-order valence-electron chi connectivity index (χ1n) is 6.23. The van der Waals surface area contributed by atoms with Crippen LogP contribution in [0.3, 0.4) is 0 Å². The SMILES string of the molecule is CN(C1CCCCCC1)S(=O)(=O)CCCN. The molecule has 1 saturated carbocycles. The first-order valence-corrected chi connectivity index (χ1v) is 7.84. The minimum atomic E-state index is -3.08. The molecule has 96 valence electrons. The third kappa shape index (κ3) is 4.03. The van der Waals surface area contributed by atoms with Crippen LogP contribution in [-0.4, -0.2) is 38.1 Å². The molecule has 0 bridgehead atoms. The smallest absolute Gasteiger partial charge is 0.214 e. The van der Waals surface area contributed by atoms with Crippen molar-refractivity contribution < 1.29 is 8.42 Å². The highest BCUT2D eigenvalue weighted by atomic mass is 32.2. The summed E-state index contributed by atoms with van der Waals surface area (Å²) in [5.74, 6) is 0.191. The lowest BCUT2D eigenvalue weighted by atomic mass is 10.1. The van der Waals surface area contributed by atoms with E-state index in [1.807, 2.05) is 0 Å². The van der Waals surface area contributed by atoms with Crippen molar-refractivity contribution in [3.63, 3.8) is 0 Å². The highest BCUT2D eigenvalue weighted by Gasteiger charge is 2.26. The fraction of sp³-hybridized carbons (Fsp3) is 1.00. The monoisotopic (exact) mass is 248 g/mol. The molecule has 0 aromatic heterocycles. The van der Waals surface area contributed by atoms with Gasteiger partial charge in [-0.1, -0.05) is 25.7 Å². The van der Waals surface area contributed by atoms with E-state index in [1.54, 1.807) is 11.4 Å². The zero-order valence-corrected chi connectivity index (χ0v) is 11.0. The molecule has 0 amide bonds. The van der Waals surface area contributed by atoms with Gasteiger partial charge >= 0.3 is 0 Å². The summed E-state index contributed by atoms with van der Waals surface area (Å²) < 4.78 is 25.5. The minimum absolute atomic E-state index is 0.191. The number of rotatable bonds is 5. The molecule has 2 N–H and O–H groups in total. The van der Waals surface area contributed by atoms with E-state index in [-0.39, 0.29) is 11.8 Å². The highest BCUT2D eigenvalue weighted by Crippen LogP contribution is 2.23. The molecule has 0 spiro atoms. The molecule has 0 atom stereocenters. The van der Waals surface area contributed by atoms with Crippen molar-refractivity contribution >= 4 is 10.0 Å². The number of nitrogens with zero attached hydrogens (tertiary/aromatic N) is 1. The van der Waals surface area contributed by atoms with Crippen LogP contribution in [0.2, 0.25) is 0 Å². The predicted molar refractivity (Wildman–Crippen MR) is 66.7 cm³/mol. The summed E-state index contributed by atoms with van der Waals surface area (Å²) in [6.45, 7) is 0.442. The van der Waals surface area contributed by atoms with Gasteiger partial charge in [-0.25, -0.2) is 12.7 Å². The molecule has 0 aromatic carbocycles. The third-order valence-corrected chi connectivity index (χ3v) is 5.36. The van der Waals surface area contributed by atoms with Gasteiger partial charge in [-0.05, 0) is 25.8 Å². The fourth-order valence-corrected chi connectivity index (χ4v) is 3.74. The lowest BCUT2D eigenvalue weighted by Crippen LogP contribution is -2.38. The number of nitrogens with two attached hydrogens (primary N) is 1. The van der Waals surface area contributed by atoms with Crippen molar-refractivity contribution in [3.8, 4) is 0 Å². The normalized spacial score (nSPS) is 19.9. The van der Waals surface area contributed by atoms with Gasteiger partial charge in [-0.3, -0.25) is 0 Å². The Labute approximate surface area is 99.2 Å². The Hall–Kier alpha value is -0.130. The van der Waals surface area contributed by atoms with Gasteiger partial charge in [0.15, 0.2) is 0 Å². The summed E-state index contributed by atoms with van der Waals surface area (Å²) in [6.07, 6.45) is 7.37. The molecule has 5 heteroatoms. The fourth-order valence-electron chi connectivity index (χ4n) is 2.26. The van der Waals surface area contributed by atoms with Crippen LogP contribution in [0.15, 0.2) is 0 Å². The Kier molecular flexibility index (Phi) is 5.72. The lowest BCUT2D eigenvalue weighted by molar-refractivity contribution is 0.335. The average Bonchev–Trinajstić information content (AvgIpc) is 2.53. The molecule has 0 unspecified atom stereocenters. The lowest BCUT2D eigenvalue weighted by Gasteiger charge is -2.26. The van der Waals surface area contributed by atoms with E-state index in [4.69, 9.17) is 5.73 Å². The highest BCUT2D eigenvalue weighted by molar-refractivity contribution is 7.89. The minimum Gasteiger partial charge on any atom is -0.330 e. The summed E-state index contributed by atoms with van der Waals surface area (Å²) in [7, 11) is -1.36. The van der Waals surface area contributed by atoms with Gasteiger partial charge in [-0.2, -0.15) is 0 Å². The molecule has 1 fully saturated rings. The maximum Gasteiger partial charge on any atom is 0.214 e. The second-order valence-electron chi connectivity index (χ2n) is 4.62. The average molecular weight is 248 g/mol. The summed E-state index contributed by atoms with van der Waals surface area (Å²) in [6, 6.07) is 0.213.